The summed E-state index contributed by atoms with van der Waals surface area (Å²) in [5, 5.41) is 7.90. The minimum atomic E-state index is -0.496. The van der Waals surface area contributed by atoms with Gasteiger partial charge in [-0.15, -0.1) is 0 Å². The molecule has 0 spiro atoms. The van der Waals surface area contributed by atoms with E-state index in [0.717, 1.165) is 11.1 Å². The van der Waals surface area contributed by atoms with Gasteiger partial charge in [-0.3, -0.25) is 0 Å². The molecule has 32 heavy (non-hydrogen) atoms. The molecule has 0 aliphatic rings. The smallest absolute Gasteiger partial charge is 0.246 e. The van der Waals surface area contributed by atoms with E-state index in [0.29, 0.717) is 22.4 Å². The van der Waals surface area contributed by atoms with E-state index in [4.69, 9.17) is 23.2 Å². The van der Waals surface area contributed by atoms with Crippen molar-refractivity contribution in [3.05, 3.63) is 94.0 Å². The Labute approximate surface area is 194 Å². The number of aromatic nitrogens is 3. The van der Waals surface area contributed by atoms with Gasteiger partial charge < -0.3 is 5.32 Å². The molecule has 0 aliphatic carbocycles. The molecule has 2 aromatic carbocycles. The fraction of sp³-hybridized carbons (Fsp3) is 0.0435. The molecule has 9 heteroatoms. The fourth-order valence-electron chi connectivity index (χ4n) is 2.85. The molecular formula is C23H17Cl2FN6. The number of aryl methyl sites for hydroxylation is 1. The quantitative estimate of drug-likeness (QED) is 0.193. The number of pyridine rings is 1. The van der Waals surface area contributed by atoms with Crippen LogP contribution in [0.4, 0.5) is 21.8 Å². The maximum absolute atomic E-state index is 14.5. The van der Waals surface area contributed by atoms with Gasteiger partial charge in [0, 0.05) is 6.07 Å². The van der Waals surface area contributed by atoms with Gasteiger partial charge in [-0.25, -0.2) is 19.8 Å². The van der Waals surface area contributed by atoms with Crippen molar-refractivity contribution in [3.63, 3.8) is 0 Å². The number of anilines is 3. The Bertz CT molecular complexity index is 1240. The lowest BCUT2D eigenvalue weighted by Crippen LogP contribution is -2.03. The summed E-state index contributed by atoms with van der Waals surface area (Å²) >= 11 is 12.1. The lowest BCUT2D eigenvalue weighted by atomic mass is 10.1. The third kappa shape index (κ3) is 5.38. The maximum atomic E-state index is 14.5. The van der Waals surface area contributed by atoms with E-state index in [1.54, 1.807) is 36.7 Å². The second-order valence-electron chi connectivity index (χ2n) is 6.83. The number of hydrogen-bond acceptors (Lipinski definition) is 6. The van der Waals surface area contributed by atoms with Crippen molar-refractivity contribution in [2.45, 2.75) is 6.92 Å². The average molecular weight is 467 g/mol. The van der Waals surface area contributed by atoms with Gasteiger partial charge in [0.25, 0.3) is 0 Å². The first-order chi connectivity index (χ1) is 15.5. The Balaban J connectivity index is 1.68. The molecule has 0 radical (unpaired) electrons. The SMILES string of the molecule is Cc1ccc(C=NNc2nc(Nc3ccc(Cl)nc3)cc(-c3c(F)cccc3Cl)n2)cc1. The Morgan fingerprint density at radius 2 is 1.81 bits per heavy atom. The van der Waals surface area contributed by atoms with Crippen LogP contribution in [0.2, 0.25) is 10.2 Å². The van der Waals surface area contributed by atoms with Crippen molar-refractivity contribution < 1.29 is 4.39 Å². The van der Waals surface area contributed by atoms with Gasteiger partial charge in [0.2, 0.25) is 5.95 Å². The highest BCUT2D eigenvalue weighted by molar-refractivity contribution is 6.33. The van der Waals surface area contributed by atoms with Crippen molar-refractivity contribution in [1.82, 2.24) is 15.0 Å². The topological polar surface area (TPSA) is 75.1 Å². The summed E-state index contributed by atoms with van der Waals surface area (Å²) in [6.45, 7) is 2.01. The highest BCUT2D eigenvalue weighted by Crippen LogP contribution is 2.31. The molecule has 2 heterocycles. The third-order valence-corrected chi connectivity index (χ3v) is 4.94. The van der Waals surface area contributed by atoms with Crippen molar-refractivity contribution in [1.29, 1.82) is 0 Å². The average Bonchev–Trinajstić information content (AvgIpc) is 2.77. The predicted molar refractivity (Wildman–Crippen MR) is 127 cm³/mol. The number of nitrogens with one attached hydrogen (secondary N) is 2. The molecule has 0 saturated heterocycles. The number of hydrogen-bond donors (Lipinski definition) is 2. The highest BCUT2D eigenvalue weighted by atomic mass is 35.5. The standard InChI is InChI=1S/C23H17Cl2FN6/c1-14-5-7-15(8-6-14)12-28-32-23-30-19(22-17(24)3-2-4-18(22)26)11-21(31-23)29-16-9-10-20(25)27-13-16/h2-13H,1H3,(H2,29,30,31,32). The summed E-state index contributed by atoms with van der Waals surface area (Å²) < 4.78 is 14.5. The summed E-state index contributed by atoms with van der Waals surface area (Å²) in [5.41, 5.74) is 5.96. The molecule has 0 saturated carbocycles. The van der Waals surface area contributed by atoms with Gasteiger partial charge in [0.05, 0.1) is 34.4 Å². The summed E-state index contributed by atoms with van der Waals surface area (Å²) in [6.07, 6.45) is 3.20. The second-order valence-corrected chi connectivity index (χ2v) is 7.63. The second kappa shape index (κ2) is 9.72. The highest BCUT2D eigenvalue weighted by Gasteiger charge is 2.14. The van der Waals surface area contributed by atoms with Gasteiger partial charge in [-0.05, 0) is 36.8 Å². The van der Waals surface area contributed by atoms with E-state index in [1.807, 2.05) is 31.2 Å². The van der Waals surface area contributed by atoms with E-state index < -0.39 is 5.82 Å². The molecule has 0 aliphatic heterocycles. The van der Waals surface area contributed by atoms with E-state index in [1.165, 1.54) is 12.1 Å². The van der Waals surface area contributed by atoms with Crippen molar-refractivity contribution in [2.75, 3.05) is 10.7 Å². The number of halogens is 3. The zero-order valence-electron chi connectivity index (χ0n) is 16.9. The van der Waals surface area contributed by atoms with Crippen LogP contribution in [-0.2, 0) is 0 Å². The van der Waals surface area contributed by atoms with Gasteiger partial charge in [-0.2, -0.15) is 10.1 Å². The molecule has 0 bridgehead atoms. The molecule has 6 nitrogen and oxygen atoms in total. The lowest BCUT2D eigenvalue weighted by molar-refractivity contribution is 0.631. The van der Waals surface area contributed by atoms with Gasteiger partial charge in [0.1, 0.15) is 16.8 Å². The molecule has 0 unspecified atom stereocenters. The van der Waals surface area contributed by atoms with Crippen molar-refractivity contribution >= 4 is 46.9 Å². The molecule has 0 amide bonds. The van der Waals surface area contributed by atoms with Crippen LogP contribution in [0.3, 0.4) is 0 Å². The summed E-state index contributed by atoms with van der Waals surface area (Å²) in [6, 6.07) is 17.3. The first kappa shape index (κ1) is 21.7. The molecule has 160 valence electrons. The Hall–Kier alpha value is -3.55. The number of benzene rings is 2. The zero-order valence-corrected chi connectivity index (χ0v) is 18.4. The number of nitrogens with zero attached hydrogens (tertiary/aromatic N) is 4. The molecule has 0 fully saturated rings. The van der Waals surface area contributed by atoms with Crippen LogP contribution in [0.25, 0.3) is 11.3 Å². The predicted octanol–water partition coefficient (Wildman–Crippen LogP) is 6.48. The monoisotopic (exact) mass is 466 g/mol. The fourth-order valence-corrected chi connectivity index (χ4v) is 3.22. The van der Waals surface area contributed by atoms with E-state index in [2.05, 4.69) is 30.8 Å². The van der Waals surface area contributed by atoms with Crippen molar-refractivity contribution in [2.24, 2.45) is 5.10 Å². The Kier molecular flexibility index (Phi) is 6.58. The number of hydrazone groups is 1. The van der Waals surface area contributed by atoms with Crippen LogP contribution in [-0.4, -0.2) is 21.2 Å². The van der Waals surface area contributed by atoms with Gasteiger partial charge in [0.15, 0.2) is 0 Å². The minimum absolute atomic E-state index is 0.162. The van der Waals surface area contributed by atoms with Crippen LogP contribution >= 0.6 is 23.2 Å². The first-order valence-electron chi connectivity index (χ1n) is 9.56. The Morgan fingerprint density at radius 1 is 1.00 bits per heavy atom. The Morgan fingerprint density at radius 3 is 2.53 bits per heavy atom. The van der Waals surface area contributed by atoms with Crippen LogP contribution in [0.15, 0.2) is 72.0 Å². The zero-order chi connectivity index (χ0) is 22.5. The molecule has 2 N–H and O–H groups in total. The number of rotatable bonds is 6. The summed E-state index contributed by atoms with van der Waals surface area (Å²) in [4.78, 5) is 12.8. The van der Waals surface area contributed by atoms with E-state index >= 15 is 0 Å². The molecule has 4 aromatic rings. The van der Waals surface area contributed by atoms with Crippen LogP contribution < -0.4 is 10.7 Å². The largest absolute Gasteiger partial charge is 0.339 e. The normalized spacial score (nSPS) is 11.0. The lowest BCUT2D eigenvalue weighted by Gasteiger charge is -2.11. The van der Waals surface area contributed by atoms with E-state index in [9.17, 15) is 4.39 Å². The first-order valence-corrected chi connectivity index (χ1v) is 10.3. The molecule has 2 aromatic heterocycles. The molecule has 4 rings (SSSR count). The third-order valence-electron chi connectivity index (χ3n) is 4.40. The molecular weight excluding hydrogens is 450 g/mol. The van der Waals surface area contributed by atoms with E-state index in [-0.39, 0.29) is 16.5 Å². The van der Waals surface area contributed by atoms with Crippen LogP contribution in [0.5, 0.6) is 0 Å². The summed E-state index contributed by atoms with van der Waals surface area (Å²) in [7, 11) is 0. The molecule has 0 atom stereocenters. The van der Waals surface area contributed by atoms with Gasteiger partial charge >= 0.3 is 0 Å². The maximum Gasteiger partial charge on any atom is 0.246 e. The van der Waals surface area contributed by atoms with Crippen molar-refractivity contribution in [3.8, 4) is 11.3 Å². The van der Waals surface area contributed by atoms with Crippen LogP contribution in [0.1, 0.15) is 11.1 Å². The van der Waals surface area contributed by atoms with Gasteiger partial charge in [-0.1, -0.05) is 59.1 Å². The minimum Gasteiger partial charge on any atom is -0.339 e. The van der Waals surface area contributed by atoms with Crippen LogP contribution in [0, 0.1) is 12.7 Å². The summed E-state index contributed by atoms with van der Waals surface area (Å²) in [5.74, 6) is 0.0606.